The Balaban J connectivity index is 1.84. The first-order valence-electron chi connectivity index (χ1n) is 9.60. The van der Waals surface area contributed by atoms with E-state index in [-0.39, 0.29) is 17.3 Å². The molecule has 31 heavy (non-hydrogen) atoms. The highest BCUT2D eigenvalue weighted by Crippen LogP contribution is 2.36. The monoisotopic (exact) mass is 430 g/mol. The van der Waals surface area contributed by atoms with Crippen molar-refractivity contribution in [2.24, 2.45) is 0 Å². The Hall–Kier alpha value is -3.40. The predicted molar refractivity (Wildman–Crippen MR) is 110 cm³/mol. The summed E-state index contributed by atoms with van der Waals surface area (Å²) in [5, 5.41) is 14.2. The number of hydrogen-bond acceptors (Lipinski definition) is 5. The van der Waals surface area contributed by atoms with Crippen LogP contribution in [0.25, 0.3) is 28.2 Å². The number of pyridine rings is 1. The highest BCUT2D eigenvalue weighted by Gasteiger charge is 2.32. The average molecular weight is 430 g/mol. The molecule has 3 aromatic heterocycles. The number of halogens is 3. The Bertz CT molecular complexity index is 1200. The fourth-order valence-corrected chi connectivity index (χ4v) is 3.50. The summed E-state index contributed by atoms with van der Waals surface area (Å²) in [6, 6.07) is 9.10. The minimum Gasteiger partial charge on any atom is -0.493 e. The van der Waals surface area contributed by atoms with Crippen molar-refractivity contribution in [1.82, 2.24) is 30.1 Å². The summed E-state index contributed by atoms with van der Waals surface area (Å²) < 4.78 is 47.2. The Morgan fingerprint density at radius 2 is 1.94 bits per heavy atom. The van der Waals surface area contributed by atoms with E-state index >= 15 is 0 Å². The van der Waals surface area contributed by atoms with Crippen molar-refractivity contribution in [3.63, 3.8) is 0 Å². The van der Waals surface area contributed by atoms with Crippen molar-refractivity contribution >= 4 is 5.65 Å². The average Bonchev–Trinajstić information content (AvgIpc) is 3.38. The summed E-state index contributed by atoms with van der Waals surface area (Å²) >= 11 is 0. The van der Waals surface area contributed by atoms with Crippen LogP contribution < -0.4 is 10.1 Å². The van der Waals surface area contributed by atoms with Gasteiger partial charge >= 0.3 is 6.18 Å². The maximum Gasteiger partial charge on any atom is 0.393 e. The number of aromatic nitrogens is 5. The maximum atomic E-state index is 13.5. The second kappa shape index (κ2) is 8.03. The molecule has 0 fully saturated rings. The molecule has 0 saturated carbocycles. The van der Waals surface area contributed by atoms with Gasteiger partial charge in [-0.25, -0.2) is 9.50 Å². The molecule has 0 aliphatic heterocycles. The summed E-state index contributed by atoms with van der Waals surface area (Å²) in [5.41, 5.74) is 3.14. The number of H-pyrrole nitrogens is 1. The maximum absolute atomic E-state index is 13.5. The molecule has 2 N–H and O–H groups in total. The summed E-state index contributed by atoms with van der Waals surface area (Å²) in [4.78, 5) is 4.10. The van der Waals surface area contributed by atoms with Crippen molar-refractivity contribution in [3.05, 3.63) is 54.0 Å². The molecule has 0 bridgehead atoms. The predicted octanol–water partition coefficient (Wildman–Crippen LogP) is 4.18. The zero-order valence-corrected chi connectivity index (χ0v) is 17.2. The number of ether oxygens (including phenoxy) is 1. The van der Waals surface area contributed by atoms with Gasteiger partial charge < -0.3 is 10.1 Å². The van der Waals surface area contributed by atoms with Gasteiger partial charge in [-0.3, -0.25) is 5.10 Å². The van der Waals surface area contributed by atoms with Gasteiger partial charge in [-0.2, -0.15) is 23.4 Å². The molecule has 7 nitrogen and oxygen atoms in total. The van der Waals surface area contributed by atoms with E-state index in [0.29, 0.717) is 28.2 Å². The second-order valence-corrected chi connectivity index (χ2v) is 7.18. The van der Waals surface area contributed by atoms with E-state index in [1.807, 2.05) is 26.1 Å². The number of fused-ring (bicyclic) bond motifs is 1. The van der Waals surface area contributed by atoms with Gasteiger partial charge in [0.2, 0.25) is 0 Å². The SMILES string of the molecule is CNC(C)c1ccc(-c2[nH]nc(-c3cc(OC)c4ncnn4c3)c2CC(F)(F)F)cc1. The molecule has 4 aromatic rings. The van der Waals surface area contributed by atoms with Gasteiger partial charge in [-0.15, -0.1) is 0 Å². The minimum atomic E-state index is -4.41. The van der Waals surface area contributed by atoms with E-state index < -0.39 is 12.6 Å². The number of alkyl halides is 3. The van der Waals surface area contributed by atoms with E-state index in [4.69, 9.17) is 4.74 Å². The van der Waals surface area contributed by atoms with Crippen LogP contribution in [0, 0.1) is 0 Å². The van der Waals surface area contributed by atoms with Gasteiger partial charge in [-0.1, -0.05) is 24.3 Å². The molecule has 0 amide bonds. The lowest BCUT2D eigenvalue weighted by Crippen LogP contribution is -2.13. The van der Waals surface area contributed by atoms with Crippen LogP contribution in [0.3, 0.4) is 0 Å². The van der Waals surface area contributed by atoms with Crippen molar-refractivity contribution < 1.29 is 17.9 Å². The Morgan fingerprint density at radius 1 is 1.19 bits per heavy atom. The lowest BCUT2D eigenvalue weighted by Gasteiger charge is -2.13. The van der Waals surface area contributed by atoms with Crippen LogP contribution in [0.4, 0.5) is 13.2 Å². The first-order chi connectivity index (χ1) is 14.8. The molecule has 10 heteroatoms. The Kier molecular flexibility index (Phi) is 5.40. The Morgan fingerprint density at radius 3 is 2.58 bits per heavy atom. The number of methoxy groups -OCH3 is 1. The van der Waals surface area contributed by atoms with Crippen LogP contribution in [0.1, 0.15) is 24.1 Å². The van der Waals surface area contributed by atoms with Crippen molar-refractivity contribution in [3.8, 4) is 28.3 Å². The van der Waals surface area contributed by atoms with E-state index in [9.17, 15) is 13.2 Å². The summed E-state index contributed by atoms with van der Waals surface area (Å²) in [6.07, 6.45) is -2.60. The normalized spacial score (nSPS) is 13.0. The van der Waals surface area contributed by atoms with E-state index in [0.717, 1.165) is 5.56 Å². The van der Waals surface area contributed by atoms with E-state index in [2.05, 4.69) is 25.6 Å². The summed E-state index contributed by atoms with van der Waals surface area (Å²) in [7, 11) is 3.31. The summed E-state index contributed by atoms with van der Waals surface area (Å²) in [6.45, 7) is 2.01. The van der Waals surface area contributed by atoms with Crippen LogP contribution in [0.15, 0.2) is 42.9 Å². The third-order valence-corrected chi connectivity index (χ3v) is 5.21. The molecule has 0 aliphatic carbocycles. The van der Waals surface area contributed by atoms with Gasteiger partial charge in [0.05, 0.1) is 24.9 Å². The lowest BCUT2D eigenvalue weighted by atomic mass is 9.98. The number of benzene rings is 1. The fraction of sp³-hybridized carbons (Fsp3) is 0.286. The third kappa shape index (κ3) is 4.11. The van der Waals surface area contributed by atoms with Gasteiger partial charge in [0, 0.05) is 23.4 Å². The minimum absolute atomic E-state index is 0.0587. The van der Waals surface area contributed by atoms with Gasteiger partial charge in [0.15, 0.2) is 11.4 Å². The van der Waals surface area contributed by atoms with Crippen molar-refractivity contribution in [1.29, 1.82) is 0 Å². The number of nitrogens with zero attached hydrogens (tertiary/aromatic N) is 4. The quantitative estimate of drug-likeness (QED) is 0.480. The zero-order valence-electron chi connectivity index (χ0n) is 17.2. The summed E-state index contributed by atoms with van der Waals surface area (Å²) in [5.74, 6) is 0.392. The number of aromatic amines is 1. The van der Waals surface area contributed by atoms with Crippen LogP contribution in [0.5, 0.6) is 5.75 Å². The molecule has 1 atom stereocenters. The van der Waals surface area contributed by atoms with E-state index in [1.54, 1.807) is 24.4 Å². The molecule has 4 rings (SSSR count). The van der Waals surface area contributed by atoms with Gasteiger partial charge in [0.25, 0.3) is 0 Å². The first kappa shape index (κ1) is 20.9. The Labute approximate surface area is 176 Å². The molecule has 0 saturated heterocycles. The fourth-order valence-electron chi connectivity index (χ4n) is 3.50. The number of rotatable bonds is 6. The van der Waals surface area contributed by atoms with Gasteiger partial charge in [-0.05, 0) is 31.2 Å². The number of nitrogens with one attached hydrogen (secondary N) is 2. The van der Waals surface area contributed by atoms with Crippen LogP contribution in [0.2, 0.25) is 0 Å². The number of hydrogen-bond donors (Lipinski definition) is 2. The molecule has 3 heterocycles. The third-order valence-electron chi connectivity index (χ3n) is 5.21. The second-order valence-electron chi connectivity index (χ2n) is 7.18. The first-order valence-corrected chi connectivity index (χ1v) is 9.60. The molecular weight excluding hydrogens is 409 g/mol. The topological polar surface area (TPSA) is 80.1 Å². The molecule has 0 radical (unpaired) electrons. The zero-order chi connectivity index (χ0) is 22.2. The molecule has 1 aromatic carbocycles. The molecule has 0 spiro atoms. The van der Waals surface area contributed by atoms with Crippen LogP contribution in [-0.2, 0) is 6.42 Å². The van der Waals surface area contributed by atoms with Crippen LogP contribution >= 0.6 is 0 Å². The van der Waals surface area contributed by atoms with Crippen LogP contribution in [-0.4, -0.2) is 45.1 Å². The standard InChI is InChI=1S/C21H21F3N6O/c1-12(25-2)13-4-6-14(7-5-13)18-16(9-21(22,23)24)19(29-28-18)15-8-17(31-3)20-26-11-27-30(20)10-15/h4-8,10-12,25H,9H2,1-3H3,(H,28,29). The smallest absolute Gasteiger partial charge is 0.393 e. The van der Waals surface area contributed by atoms with Crippen molar-refractivity contribution in [2.45, 2.75) is 25.6 Å². The van der Waals surface area contributed by atoms with Gasteiger partial charge in [0.1, 0.15) is 6.33 Å². The van der Waals surface area contributed by atoms with E-state index in [1.165, 1.54) is 18.0 Å². The molecular formula is C21H21F3N6O. The largest absolute Gasteiger partial charge is 0.493 e. The molecule has 0 aliphatic rings. The van der Waals surface area contributed by atoms with Crippen molar-refractivity contribution in [2.75, 3.05) is 14.2 Å². The highest BCUT2D eigenvalue weighted by molar-refractivity contribution is 5.76. The molecule has 1 unspecified atom stereocenters. The lowest BCUT2D eigenvalue weighted by molar-refractivity contribution is -0.127. The molecule has 162 valence electrons. The highest BCUT2D eigenvalue weighted by atomic mass is 19.4.